The molecule has 0 radical (unpaired) electrons. The summed E-state index contributed by atoms with van der Waals surface area (Å²) in [5, 5.41) is 7.86. The molecule has 0 amide bonds. The molecule has 6 heteroatoms. The van der Waals surface area contributed by atoms with Crippen LogP contribution in [0.4, 0.5) is 0 Å². The quantitative estimate of drug-likeness (QED) is 0.651. The van der Waals surface area contributed by atoms with Crippen LogP contribution in [0.25, 0.3) is 0 Å². The molecule has 1 atom stereocenters. The zero-order chi connectivity index (χ0) is 14.5. The summed E-state index contributed by atoms with van der Waals surface area (Å²) in [4.78, 5) is 12.5. The van der Waals surface area contributed by atoms with Crippen LogP contribution in [0.5, 0.6) is 0 Å². The van der Waals surface area contributed by atoms with Gasteiger partial charge in [0.2, 0.25) is 0 Å². The predicted octanol–water partition coefficient (Wildman–Crippen LogP) is 1.38. The summed E-state index contributed by atoms with van der Waals surface area (Å²) in [5.41, 5.74) is 1.13. The Morgan fingerprint density at radius 2 is 2.25 bits per heavy atom. The SMILES string of the molecule is CN=C(NCc1nc(C)c(C)s1)NCC1CCN(C)C1. The van der Waals surface area contributed by atoms with Gasteiger partial charge in [0.05, 0.1) is 12.2 Å². The van der Waals surface area contributed by atoms with Crippen molar-refractivity contribution in [1.82, 2.24) is 20.5 Å². The number of hydrogen-bond acceptors (Lipinski definition) is 4. The largest absolute Gasteiger partial charge is 0.356 e. The first-order valence-electron chi connectivity index (χ1n) is 7.14. The number of likely N-dealkylation sites (tertiary alicyclic amines) is 1. The average molecular weight is 295 g/mol. The predicted molar refractivity (Wildman–Crippen MR) is 85.4 cm³/mol. The first-order chi connectivity index (χ1) is 9.58. The van der Waals surface area contributed by atoms with Crippen molar-refractivity contribution in [1.29, 1.82) is 0 Å². The van der Waals surface area contributed by atoms with E-state index in [0.717, 1.165) is 35.7 Å². The second kappa shape index (κ2) is 7.04. The minimum atomic E-state index is 0.725. The van der Waals surface area contributed by atoms with E-state index in [4.69, 9.17) is 0 Å². The van der Waals surface area contributed by atoms with Crippen LogP contribution in [-0.2, 0) is 6.54 Å². The normalized spacial score (nSPS) is 20.4. The van der Waals surface area contributed by atoms with E-state index < -0.39 is 0 Å². The lowest BCUT2D eigenvalue weighted by Gasteiger charge is -2.14. The highest BCUT2D eigenvalue weighted by atomic mass is 32.1. The van der Waals surface area contributed by atoms with E-state index in [0.29, 0.717) is 0 Å². The summed E-state index contributed by atoms with van der Waals surface area (Å²) in [6, 6.07) is 0. The van der Waals surface area contributed by atoms with Gasteiger partial charge < -0.3 is 15.5 Å². The second-order valence-corrected chi connectivity index (χ2v) is 6.76. The van der Waals surface area contributed by atoms with Crippen LogP contribution in [0.2, 0.25) is 0 Å². The number of nitrogens with one attached hydrogen (secondary N) is 2. The molecule has 0 aromatic carbocycles. The van der Waals surface area contributed by atoms with Gasteiger partial charge in [0.15, 0.2) is 5.96 Å². The third kappa shape index (κ3) is 4.18. The van der Waals surface area contributed by atoms with Crippen molar-refractivity contribution < 1.29 is 0 Å². The molecule has 2 rings (SSSR count). The fourth-order valence-corrected chi connectivity index (χ4v) is 3.30. The third-order valence-corrected chi connectivity index (χ3v) is 4.82. The van der Waals surface area contributed by atoms with Gasteiger partial charge in [-0.1, -0.05) is 0 Å². The zero-order valence-corrected chi connectivity index (χ0v) is 13.7. The number of rotatable bonds is 4. The molecule has 0 aliphatic carbocycles. The van der Waals surface area contributed by atoms with E-state index in [1.54, 1.807) is 11.3 Å². The van der Waals surface area contributed by atoms with Crippen molar-refractivity contribution in [3.8, 4) is 0 Å². The number of aromatic nitrogens is 1. The topological polar surface area (TPSA) is 52.6 Å². The van der Waals surface area contributed by atoms with Gasteiger partial charge in [0.1, 0.15) is 5.01 Å². The Labute approximate surface area is 125 Å². The summed E-state index contributed by atoms with van der Waals surface area (Å²) >= 11 is 1.75. The van der Waals surface area contributed by atoms with E-state index in [2.05, 4.69) is 46.4 Å². The first-order valence-corrected chi connectivity index (χ1v) is 7.96. The third-order valence-electron chi connectivity index (χ3n) is 3.75. The van der Waals surface area contributed by atoms with Gasteiger partial charge in [0, 0.05) is 25.0 Å². The standard InChI is InChI=1S/C14H25N5S/c1-10-11(2)20-13(18-10)8-17-14(15-3)16-7-12-5-6-19(4)9-12/h12H,5-9H2,1-4H3,(H2,15,16,17). The van der Waals surface area contributed by atoms with Crippen LogP contribution in [0.3, 0.4) is 0 Å². The summed E-state index contributed by atoms with van der Waals surface area (Å²) in [7, 11) is 3.99. The van der Waals surface area contributed by atoms with Gasteiger partial charge >= 0.3 is 0 Å². The first kappa shape index (κ1) is 15.3. The van der Waals surface area contributed by atoms with Crippen LogP contribution in [0.15, 0.2) is 4.99 Å². The highest BCUT2D eigenvalue weighted by Crippen LogP contribution is 2.16. The van der Waals surface area contributed by atoms with Gasteiger partial charge in [-0.3, -0.25) is 4.99 Å². The molecule has 1 saturated heterocycles. The molecule has 2 heterocycles. The van der Waals surface area contributed by atoms with Gasteiger partial charge in [-0.05, 0) is 39.8 Å². The molecule has 0 spiro atoms. The molecule has 112 valence electrons. The number of aryl methyl sites for hydroxylation is 2. The van der Waals surface area contributed by atoms with Gasteiger partial charge in [0.25, 0.3) is 0 Å². The molecule has 5 nitrogen and oxygen atoms in total. The lowest BCUT2D eigenvalue weighted by atomic mass is 10.1. The van der Waals surface area contributed by atoms with E-state index >= 15 is 0 Å². The fourth-order valence-electron chi connectivity index (χ4n) is 2.43. The highest BCUT2D eigenvalue weighted by molar-refractivity contribution is 7.11. The minimum absolute atomic E-state index is 0.725. The second-order valence-electron chi connectivity index (χ2n) is 5.47. The molecule has 20 heavy (non-hydrogen) atoms. The highest BCUT2D eigenvalue weighted by Gasteiger charge is 2.19. The van der Waals surface area contributed by atoms with E-state index in [9.17, 15) is 0 Å². The molecular weight excluding hydrogens is 270 g/mol. The lowest BCUT2D eigenvalue weighted by Crippen LogP contribution is -2.39. The lowest BCUT2D eigenvalue weighted by molar-refractivity contribution is 0.394. The summed E-state index contributed by atoms with van der Waals surface area (Å²) < 4.78 is 0. The molecule has 1 aromatic heterocycles. The van der Waals surface area contributed by atoms with Gasteiger partial charge in [-0.2, -0.15) is 0 Å². The smallest absolute Gasteiger partial charge is 0.191 e. The Morgan fingerprint density at radius 1 is 1.45 bits per heavy atom. The number of aliphatic imine (C=N–C) groups is 1. The van der Waals surface area contributed by atoms with Crippen molar-refractivity contribution >= 4 is 17.3 Å². The zero-order valence-electron chi connectivity index (χ0n) is 12.9. The van der Waals surface area contributed by atoms with E-state index in [1.807, 2.05) is 7.05 Å². The molecule has 0 bridgehead atoms. The summed E-state index contributed by atoms with van der Waals surface area (Å²) in [5.74, 6) is 1.59. The maximum absolute atomic E-state index is 4.53. The fraction of sp³-hybridized carbons (Fsp3) is 0.714. The van der Waals surface area contributed by atoms with Crippen molar-refractivity contribution in [3.63, 3.8) is 0 Å². The molecule has 1 aromatic rings. The van der Waals surface area contributed by atoms with Crippen LogP contribution < -0.4 is 10.6 Å². The van der Waals surface area contributed by atoms with E-state index in [-0.39, 0.29) is 0 Å². The Morgan fingerprint density at radius 3 is 2.80 bits per heavy atom. The van der Waals surface area contributed by atoms with Crippen LogP contribution >= 0.6 is 11.3 Å². The average Bonchev–Trinajstić information content (AvgIpc) is 2.97. The van der Waals surface area contributed by atoms with Crippen molar-refractivity contribution in [3.05, 3.63) is 15.6 Å². The molecule has 0 saturated carbocycles. The molecule has 1 fully saturated rings. The van der Waals surface area contributed by atoms with Crippen molar-refractivity contribution in [2.75, 3.05) is 33.7 Å². The Balaban J connectivity index is 1.75. The summed E-state index contributed by atoms with van der Waals surface area (Å²) in [6.07, 6.45) is 1.27. The van der Waals surface area contributed by atoms with Crippen molar-refractivity contribution in [2.45, 2.75) is 26.8 Å². The Kier molecular flexibility index (Phi) is 5.37. The molecule has 1 aliphatic rings. The number of guanidine groups is 1. The summed E-state index contributed by atoms with van der Waals surface area (Å²) in [6.45, 7) is 8.27. The van der Waals surface area contributed by atoms with Crippen LogP contribution in [0, 0.1) is 19.8 Å². The molecule has 2 N–H and O–H groups in total. The molecule has 1 aliphatic heterocycles. The van der Waals surface area contributed by atoms with Crippen LogP contribution in [-0.4, -0.2) is 49.6 Å². The van der Waals surface area contributed by atoms with E-state index in [1.165, 1.54) is 24.4 Å². The number of hydrogen-bond donors (Lipinski definition) is 2. The molecule has 1 unspecified atom stereocenters. The molecular formula is C14H25N5S. The maximum Gasteiger partial charge on any atom is 0.191 e. The van der Waals surface area contributed by atoms with Gasteiger partial charge in [-0.15, -0.1) is 11.3 Å². The van der Waals surface area contributed by atoms with Crippen LogP contribution in [0.1, 0.15) is 22.0 Å². The minimum Gasteiger partial charge on any atom is -0.356 e. The number of nitrogens with zero attached hydrogens (tertiary/aromatic N) is 3. The monoisotopic (exact) mass is 295 g/mol. The Bertz CT molecular complexity index is 449. The number of thiazole rings is 1. The maximum atomic E-state index is 4.53. The van der Waals surface area contributed by atoms with Gasteiger partial charge in [-0.25, -0.2) is 4.98 Å². The Hall–Kier alpha value is -1.14. The van der Waals surface area contributed by atoms with Crippen molar-refractivity contribution in [2.24, 2.45) is 10.9 Å².